The molecule has 1 saturated heterocycles. The number of hydrogen-bond acceptors (Lipinski definition) is 2. The number of amides is 2. The summed E-state index contributed by atoms with van der Waals surface area (Å²) in [6.45, 7) is 3.77. The zero-order valence-electron chi connectivity index (χ0n) is 20.3. The number of nitrogens with one attached hydrogen (secondary N) is 1. The van der Waals surface area contributed by atoms with Crippen LogP contribution in [0.25, 0.3) is 0 Å². The largest absolute Gasteiger partial charge is 0.385 e. The lowest BCUT2D eigenvalue weighted by Crippen LogP contribution is -2.49. The second-order valence-corrected chi connectivity index (χ2v) is 11.0. The van der Waals surface area contributed by atoms with Crippen molar-refractivity contribution in [3.63, 3.8) is 0 Å². The lowest BCUT2D eigenvalue weighted by atomic mass is 9.73. The lowest BCUT2D eigenvalue weighted by Gasteiger charge is -2.38. The average Bonchev–Trinajstić information content (AvgIpc) is 2.88. The molecule has 0 saturated carbocycles. The average molecular weight is 546 g/mol. The molecule has 0 aliphatic carbocycles. The van der Waals surface area contributed by atoms with Crippen molar-refractivity contribution in [1.82, 2.24) is 10.2 Å². The Balaban J connectivity index is 1.33. The number of halogens is 3. The van der Waals surface area contributed by atoms with Gasteiger partial charge in [0.2, 0.25) is 0 Å². The Kier molecular flexibility index (Phi) is 8.52. The van der Waals surface area contributed by atoms with Crippen LogP contribution >= 0.6 is 34.8 Å². The van der Waals surface area contributed by atoms with Gasteiger partial charge in [0.25, 0.3) is 0 Å². The number of aliphatic hydroxyl groups is 1. The van der Waals surface area contributed by atoms with E-state index in [1.807, 2.05) is 36.4 Å². The highest BCUT2D eigenvalue weighted by Gasteiger charge is 2.35. The van der Waals surface area contributed by atoms with Crippen LogP contribution in [0.5, 0.6) is 0 Å². The maximum atomic E-state index is 12.8. The number of rotatable bonds is 7. The molecule has 4 nitrogen and oxygen atoms in total. The molecule has 2 N–H and O–H groups in total. The van der Waals surface area contributed by atoms with Crippen molar-refractivity contribution < 1.29 is 9.90 Å². The quantitative estimate of drug-likeness (QED) is 0.303. The molecule has 1 aliphatic rings. The van der Waals surface area contributed by atoms with Crippen molar-refractivity contribution in [2.75, 3.05) is 19.6 Å². The normalized spacial score (nSPS) is 15.5. The fourth-order valence-electron chi connectivity index (χ4n) is 4.97. The molecule has 4 rings (SSSR count). The number of carbonyl (C=O) groups excluding carboxylic acids is 1. The molecule has 0 bridgehead atoms. The summed E-state index contributed by atoms with van der Waals surface area (Å²) in [5, 5.41) is 16.2. The first-order chi connectivity index (χ1) is 17.2. The molecule has 3 aromatic carbocycles. The summed E-state index contributed by atoms with van der Waals surface area (Å²) in [6.07, 6.45) is 2.63. The molecular formula is C29H31Cl3N2O2. The molecule has 0 atom stereocenters. The zero-order chi connectivity index (χ0) is 25.8. The van der Waals surface area contributed by atoms with Crippen LogP contribution in [0.1, 0.15) is 49.3 Å². The topological polar surface area (TPSA) is 52.6 Å². The Bertz CT molecular complexity index is 1110. The summed E-state index contributed by atoms with van der Waals surface area (Å²) >= 11 is 18.2. The molecule has 0 radical (unpaired) electrons. The summed E-state index contributed by atoms with van der Waals surface area (Å²) in [5.74, 6) is 0. The standard InChI is InChI=1S/C29H31Cl3N2O2/c1-28(21-3-9-24(30)10-4-21,22-5-11-25(31)12-6-22)15-2-18-33-27(35)34-19-16-29(36,17-20-34)23-7-13-26(32)14-8-23/h3-14,36H,2,15-20H2,1H3,(H,33,35). The lowest BCUT2D eigenvalue weighted by molar-refractivity contribution is -0.0167. The Morgan fingerprint density at radius 3 is 1.78 bits per heavy atom. The third-order valence-electron chi connectivity index (χ3n) is 7.35. The van der Waals surface area contributed by atoms with E-state index in [4.69, 9.17) is 34.8 Å². The van der Waals surface area contributed by atoms with Crippen LogP contribution in [0.15, 0.2) is 72.8 Å². The minimum absolute atomic E-state index is 0.0900. The van der Waals surface area contributed by atoms with Gasteiger partial charge in [-0.25, -0.2) is 4.79 Å². The van der Waals surface area contributed by atoms with Crippen LogP contribution in [0.3, 0.4) is 0 Å². The second kappa shape index (κ2) is 11.4. The Morgan fingerprint density at radius 2 is 1.31 bits per heavy atom. The maximum absolute atomic E-state index is 12.8. The van der Waals surface area contributed by atoms with Gasteiger partial charge in [-0.1, -0.05) is 78.1 Å². The maximum Gasteiger partial charge on any atom is 0.317 e. The Morgan fingerprint density at radius 1 is 0.861 bits per heavy atom. The molecule has 0 spiro atoms. The van der Waals surface area contributed by atoms with Gasteiger partial charge in [-0.2, -0.15) is 0 Å². The first-order valence-corrected chi connectivity index (χ1v) is 13.4. The van der Waals surface area contributed by atoms with Crippen molar-refractivity contribution >= 4 is 40.8 Å². The summed E-state index contributed by atoms with van der Waals surface area (Å²) < 4.78 is 0. The first kappa shape index (κ1) is 26.8. The van der Waals surface area contributed by atoms with E-state index in [9.17, 15) is 9.90 Å². The first-order valence-electron chi connectivity index (χ1n) is 12.2. The van der Waals surface area contributed by atoms with Crippen LogP contribution in [0.4, 0.5) is 4.79 Å². The molecule has 3 aromatic rings. The van der Waals surface area contributed by atoms with Crippen LogP contribution < -0.4 is 5.32 Å². The highest BCUT2D eigenvalue weighted by atomic mass is 35.5. The number of benzene rings is 3. The Hall–Kier alpha value is -2.24. The van der Waals surface area contributed by atoms with Crippen LogP contribution in [0.2, 0.25) is 15.1 Å². The highest BCUT2D eigenvalue weighted by Crippen LogP contribution is 2.37. The highest BCUT2D eigenvalue weighted by molar-refractivity contribution is 6.31. The monoisotopic (exact) mass is 544 g/mol. The molecule has 7 heteroatoms. The minimum Gasteiger partial charge on any atom is -0.385 e. The molecule has 1 fully saturated rings. The zero-order valence-corrected chi connectivity index (χ0v) is 22.6. The summed E-state index contributed by atoms with van der Waals surface area (Å²) in [7, 11) is 0. The van der Waals surface area contributed by atoms with Crippen molar-refractivity contribution in [2.45, 2.75) is 43.6 Å². The second-order valence-electron chi connectivity index (χ2n) is 9.71. The van der Waals surface area contributed by atoms with Crippen molar-refractivity contribution in [3.8, 4) is 0 Å². The van der Waals surface area contributed by atoms with Gasteiger partial charge in [0.15, 0.2) is 0 Å². The van der Waals surface area contributed by atoms with E-state index in [1.54, 1.807) is 17.0 Å². The van der Waals surface area contributed by atoms with Gasteiger partial charge >= 0.3 is 6.03 Å². The van der Waals surface area contributed by atoms with E-state index in [0.717, 1.165) is 29.5 Å². The molecule has 36 heavy (non-hydrogen) atoms. The number of carbonyl (C=O) groups is 1. The summed E-state index contributed by atoms with van der Waals surface area (Å²) in [5.41, 5.74) is 1.99. The van der Waals surface area contributed by atoms with Gasteiger partial charge in [-0.05, 0) is 78.8 Å². The number of hydrogen-bond donors (Lipinski definition) is 2. The van der Waals surface area contributed by atoms with E-state index >= 15 is 0 Å². The van der Waals surface area contributed by atoms with Gasteiger partial charge in [0.1, 0.15) is 0 Å². The van der Waals surface area contributed by atoms with E-state index < -0.39 is 5.60 Å². The number of nitrogens with zero attached hydrogens (tertiary/aromatic N) is 1. The SMILES string of the molecule is CC(CCCNC(=O)N1CCC(O)(c2ccc(Cl)cc2)CC1)(c1ccc(Cl)cc1)c1ccc(Cl)cc1. The van der Waals surface area contributed by atoms with Gasteiger partial charge in [-0.15, -0.1) is 0 Å². The fraction of sp³-hybridized carbons (Fsp3) is 0.345. The summed E-state index contributed by atoms with van der Waals surface area (Å²) in [6, 6.07) is 23.1. The summed E-state index contributed by atoms with van der Waals surface area (Å²) in [4.78, 5) is 14.6. The van der Waals surface area contributed by atoms with Crippen molar-refractivity contribution in [2.24, 2.45) is 0 Å². The molecule has 1 aliphatic heterocycles. The van der Waals surface area contributed by atoms with Gasteiger partial charge in [-0.3, -0.25) is 0 Å². The van der Waals surface area contributed by atoms with Crippen LogP contribution in [0, 0.1) is 0 Å². The smallest absolute Gasteiger partial charge is 0.317 e. The molecule has 0 aromatic heterocycles. The fourth-order valence-corrected chi connectivity index (χ4v) is 5.35. The van der Waals surface area contributed by atoms with Crippen molar-refractivity contribution in [1.29, 1.82) is 0 Å². The predicted octanol–water partition coefficient (Wildman–Crippen LogP) is 7.43. The Labute approximate surface area is 228 Å². The van der Waals surface area contributed by atoms with E-state index in [-0.39, 0.29) is 11.4 Å². The van der Waals surface area contributed by atoms with Crippen molar-refractivity contribution in [3.05, 3.63) is 105 Å². The van der Waals surface area contributed by atoms with E-state index in [2.05, 4.69) is 36.5 Å². The number of urea groups is 1. The minimum atomic E-state index is -0.930. The molecular weight excluding hydrogens is 515 g/mol. The van der Waals surface area contributed by atoms with Gasteiger partial charge < -0.3 is 15.3 Å². The van der Waals surface area contributed by atoms with Gasteiger partial charge in [0.05, 0.1) is 5.60 Å². The van der Waals surface area contributed by atoms with E-state index in [0.29, 0.717) is 47.5 Å². The predicted molar refractivity (Wildman–Crippen MR) is 148 cm³/mol. The van der Waals surface area contributed by atoms with E-state index in [1.165, 1.54) is 0 Å². The van der Waals surface area contributed by atoms with Gasteiger partial charge in [0, 0.05) is 40.1 Å². The molecule has 1 heterocycles. The van der Waals surface area contributed by atoms with Crippen LogP contribution in [-0.2, 0) is 11.0 Å². The molecule has 190 valence electrons. The third-order valence-corrected chi connectivity index (χ3v) is 8.11. The van der Waals surface area contributed by atoms with Crippen LogP contribution in [-0.4, -0.2) is 35.7 Å². The molecule has 2 amide bonds. The molecule has 0 unspecified atom stereocenters. The number of piperidine rings is 1. The third kappa shape index (κ3) is 6.18. The number of likely N-dealkylation sites (tertiary alicyclic amines) is 1.